The predicted octanol–water partition coefficient (Wildman–Crippen LogP) is 2.63. The topological polar surface area (TPSA) is 29.1 Å². The average molecular weight is 223 g/mol. The molecular formula is C14H25NO. The van der Waals surface area contributed by atoms with Crippen molar-refractivity contribution >= 4 is 5.78 Å². The molecule has 0 aromatic heterocycles. The predicted molar refractivity (Wildman–Crippen MR) is 66.3 cm³/mol. The summed E-state index contributed by atoms with van der Waals surface area (Å²) in [5, 5.41) is 3.27. The molecule has 2 heteroatoms. The van der Waals surface area contributed by atoms with Crippen LogP contribution >= 0.6 is 0 Å². The summed E-state index contributed by atoms with van der Waals surface area (Å²) in [5.74, 6) is 1.68. The number of hydrogen-bond donors (Lipinski definition) is 1. The van der Waals surface area contributed by atoms with E-state index in [9.17, 15) is 4.79 Å². The Balaban J connectivity index is 2.15. The maximum atomic E-state index is 12.4. The van der Waals surface area contributed by atoms with Crippen LogP contribution in [0.1, 0.15) is 46.0 Å². The summed E-state index contributed by atoms with van der Waals surface area (Å²) in [4.78, 5) is 12.4. The van der Waals surface area contributed by atoms with Gasteiger partial charge in [-0.1, -0.05) is 20.3 Å². The molecule has 16 heavy (non-hydrogen) atoms. The van der Waals surface area contributed by atoms with Crippen molar-refractivity contribution in [1.29, 1.82) is 0 Å². The lowest BCUT2D eigenvalue weighted by molar-refractivity contribution is -0.131. The van der Waals surface area contributed by atoms with E-state index in [1.54, 1.807) is 0 Å². The van der Waals surface area contributed by atoms with E-state index >= 15 is 0 Å². The van der Waals surface area contributed by atoms with E-state index in [4.69, 9.17) is 0 Å². The summed E-state index contributed by atoms with van der Waals surface area (Å²) in [5.41, 5.74) is 0.432. The zero-order valence-corrected chi connectivity index (χ0v) is 10.9. The molecule has 0 radical (unpaired) electrons. The zero-order chi connectivity index (χ0) is 11.8. The molecule has 0 aromatic rings. The molecule has 0 saturated heterocycles. The molecular weight excluding hydrogens is 198 g/mol. The van der Waals surface area contributed by atoms with Crippen molar-refractivity contribution in [2.75, 3.05) is 13.6 Å². The third-order valence-corrected chi connectivity index (χ3v) is 4.61. The fraction of sp³-hybridized carbons (Fsp3) is 0.929. The van der Waals surface area contributed by atoms with Gasteiger partial charge in [0.1, 0.15) is 5.78 Å². The summed E-state index contributed by atoms with van der Waals surface area (Å²) in [7, 11) is 2.01. The molecule has 1 N–H and O–H groups in total. The van der Waals surface area contributed by atoms with E-state index < -0.39 is 0 Å². The second-order valence-electron chi connectivity index (χ2n) is 6.11. The zero-order valence-electron chi connectivity index (χ0n) is 10.9. The van der Waals surface area contributed by atoms with Crippen molar-refractivity contribution in [2.24, 2.45) is 23.2 Å². The number of carbonyl (C=O) groups excluding carboxylic acids is 1. The van der Waals surface area contributed by atoms with Gasteiger partial charge < -0.3 is 5.32 Å². The minimum absolute atomic E-state index is 0.208. The second kappa shape index (κ2) is 4.48. The largest absolute Gasteiger partial charge is 0.319 e. The minimum atomic E-state index is 0.208. The summed E-state index contributed by atoms with van der Waals surface area (Å²) >= 11 is 0. The van der Waals surface area contributed by atoms with E-state index in [2.05, 4.69) is 19.2 Å². The highest BCUT2D eigenvalue weighted by Crippen LogP contribution is 2.61. The molecule has 2 saturated carbocycles. The van der Waals surface area contributed by atoms with E-state index in [1.165, 1.54) is 32.1 Å². The first-order valence-corrected chi connectivity index (χ1v) is 6.79. The fourth-order valence-electron chi connectivity index (χ4n) is 3.64. The van der Waals surface area contributed by atoms with Gasteiger partial charge in [0, 0.05) is 11.8 Å². The van der Waals surface area contributed by atoms with Gasteiger partial charge in [-0.05, 0) is 50.6 Å². The number of rotatable bonds is 4. The van der Waals surface area contributed by atoms with Gasteiger partial charge in [-0.15, -0.1) is 0 Å². The molecule has 2 aliphatic carbocycles. The Morgan fingerprint density at radius 3 is 2.56 bits per heavy atom. The molecule has 0 amide bonds. The van der Waals surface area contributed by atoms with Crippen molar-refractivity contribution in [2.45, 2.75) is 46.0 Å². The average Bonchev–Trinajstić information content (AvgIpc) is 2.98. The minimum Gasteiger partial charge on any atom is -0.319 e. The smallest absolute Gasteiger partial charge is 0.139 e. The first kappa shape index (κ1) is 12.1. The Bertz CT molecular complexity index is 266. The Morgan fingerprint density at radius 2 is 2.06 bits per heavy atom. The highest BCUT2D eigenvalue weighted by atomic mass is 16.1. The van der Waals surface area contributed by atoms with E-state index in [0.717, 1.165) is 6.54 Å². The number of ketones is 1. The van der Waals surface area contributed by atoms with Crippen molar-refractivity contribution in [3.63, 3.8) is 0 Å². The molecule has 2 rings (SSSR count). The van der Waals surface area contributed by atoms with Crippen LogP contribution in [-0.2, 0) is 4.79 Å². The van der Waals surface area contributed by atoms with Crippen LogP contribution in [0.4, 0.5) is 0 Å². The quantitative estimate of drug-likeness (QED) is 0.794. The van der Waals surface area contributed by atoms with Crippen molar-refractivity contribution in [3.8, 4) is 0 Å². The van der Waals surface area contributed by atoms with Gasteiger partial charge in [-0.3, -0.25) is 4.79 Å². The monoisotopic (exact) mass is 223 g/mol. The Morgan fingerprint density at radius 1 is 1.38 bits per heavy atom. The molecule has 2 unspecified atom stereocenters. The molecule has 0 aromatic carbocycles. The van der Waals surface area contributed by atoms with Gasteiger partial charge in [0.15, 0.2) is 0 Å². The lowest BCUT2D eigenvalue weighted by Gasteiger charge is -2.38. The van der Waals surface area contributed by atoms with Gasteiger partial charge in [0.2, 0.25) is 0 Å². The van der Waals surface area contributed by atoms with Crippen molar-refractivity contribution in [1.82, 2.24) is 5.32 Å². The fourth-order valence-corrected chi connectivity index (χ4v) is 3.64. The summed E-state index contributed by atoms with van der Waals surface area (Å²) < 4.78 is 0. The highest BCUT2D eigenvalue weighted by molar-refractivity contribution is 5.84. The lowest BCUT2D eigenvalue weighted by Crippen LogP contribution is -2.41. The van der Waals surface area contributed by atoms with E-state index in [1.807, 2.05) is 7.05 Å². The Labute approximate surface area is 99.2 Å². The second-order valence-corrected chi connectivity index (χ2v) is 6.11. The number of Topliss-reactive ketones (excluding diaryl/α,β-unsaturated/α-hetero) is 1. The summed E-state index contributed by atoms with van der Waals surface area (Å²) in [6.45, 7) is 5.14. The molecule has 2 nitrogen and oxygen atoms in total. The first-order valence-electron chi connectivity index (χ1n) is 6.79. The normalized spacial score (nSPS) is 32.0. The van der Waals surface area contributed by atoms with Gasteiger partial charge in [-0.25, -0.2) is 0 Å². The van der Waals surface area contributed by atoms with Crippen LogP contribution in [-0.4, -0.2) is 19.4 Å². The number of carbonyl (C=O) groups is 1. The standard InChI is InChI=1S/C14H25NO/c1-10(2)13(16)12-11(9-15-3)5-4-6-14(12)7-8-14/h10-12,15H,4-9H2,1-3H3. The SMILES string of the molecule is CNCC1CCCC2(CC2)C1C(=O)C(C)C. The third-order valence-electron chi connectivity index (χ3n) is 4.61. The Kier molecular flexibility index (Phi) is 3.39. The van der Waals surface area contributed by atoms with Crippen LogP contribution in [0.25, 0.3) is 0 Å². The van der Waals surface area contributed by atoms with Crippen LogP contribution in [0.5, 0.6) is 0 Å². The first-order chi connectivity index (χ1) is 7.60. The molecule has 2 fully saturated rings. The number of hydrogen-bond acceptors (Lipinski definition) is 2. The summed E-state index contributed by atoms with van der Waals surface area (Å²) in [6.07, 6.45) is 6.48. The highest BCUT2D eigenvalue weighted by Gasteiger charge is 2.55. The molecule has 92 valence electrons. The molecule has 1 spiro atoms. The summed E-state index contributed by atoms with van der Waals surface area (Å²) in [6, 6.07) is 0. The number of nitrogens with one attached hydrogen (secondary N) is 1. The lowest BCUT2D eigenvalue weighted by atomic mass is 9.66. The van der Waals surface area contributed by atoms with Crippen LogP contribution in [0.15, 0.2) is 0 Å². The van der Waals surface area contributed by atoms with Crippen molar-refractivity contribution in [3.05, 3.63) is 0 Å². The Hall–Kier alpha value is -0.370. The van der Waals surface area contributed by atoms with Gasteiger partial charge in [0.25, 0.3) is 0 Å². The van der Waals surface area contributed by atoms with E-state index in [-0.39, 0.29) is 5.92 Å². The van der Waals surface area contributed by atoms with Gasteiger partial charge in [-0.2, -0.15) is 0 Å². The van der Waals surface area contributed by atoms with Crippen molar-refractivity contribution < 1.29 is 4.79 Å². The molecule has 0 bridgehead atoms. The van der Waals surface area contributed by atoms with Crippen LogP contribution in [0.2, 0.25) is 0 Å². The molecule has 0 heterocycles. The molecule has 0 aliphatic heterocycles. The van der Waals surface area contributed by atoms with Crippen LogP contribution < -0.4 is 5.32 Å². The van der Waals surface area contributed by atoms with Gasteiger partial charge in [0.05, 0.1) is 0 Å². The molecule has 2 aliphatic rings. The van der Waals surface area contributed by atoms with Crippen LogP contribution in [0, 0.1) is 23.2 Å². The maximum Gasteiger partial charge on any atom is 0.139 e. The van der Waals surface area contributed by atoms with Gasteiger partial charge >= 0.3 is 0 Å². The third kappa shape index (κ3) is 2.04. The van der Waals surface area contributed by atoms with E-state index in [0.29, 0.717) is 23.0 Å². The van der Waals surface area contributed by atoms with Crippen LogP contribution in [0.3, 0.4) is 0 Å². The molecule has 2 atom stereocenters. The maximum absolute atomic E-state index is 12.4.